The molecule has 0 bridgehead atoms. The Morgan fingerprint density at radius 3 is 2.58 bits per heavy atom. The van der Waals surface area contributed by atoms with Gasteiger partial charge in [-0.1, -0.05) is 77.8 Å². The van der Waals surface area contributed by atoms with Crippen LogP contribution in [0.3, 0.4) is 0 Å². The van der Waals surface area contributed by atoms with E-state index in [-0.39, 0.29) is 17.7 Å². The smallest absolute Gasteiger partial charge is 0.293 e. The Morgan fingerprint density at radius 2 is 1.77 bits per heavy atom. The molecule has 0 N–H and O–H groups in total. The van der Waals surface area contributed by atoms with Crippen LogP contribution in [0.1, 0.15) is 22.3 Å². The maximum Gasteiger partial charge on any atom is 0.293 e. The number of benzene rings is 3. The molecule has 0 aliphatic carbocycles. The summed E-state index contributed by atoms with van der Waals surface area (Å²) < 4.78 is 6.01. The topological polar surface area (TPSA) is 46.6 Å². The number of ether oxygens (including phenoxy) is 1. The standard InChI is InChI=1S/C25H20ClNO3S/c1-17-7-6-8-18(13-17)16-30-22-12-5-3-9-19(22)14-23-24(28)27(25(29)31-23)15-20-10-2-4-11-21(20)26/h2-14H,15-16H2,1H3/b23-14+. The van der Waals surface area contributed by atoms with Gasteiger partial charge in [0.1, 0.15) is 12.4 Å². The molecule has 1 saturated heterocycles. The van der Waals surface area contributed by atoms with Crippen molar-refractivity contribution in [2.45, 2.75) is 20.1 Å². The molecule has 1 aliphatic rings. The van der Waals surface area contributed by atoms with Crippen molar-refractivity contribution in [1.29, 1.82) is 0 Å². The Labute approximate surface area is 190 Å². The molecule has 1 heterocycles. The monoisotopic (exact) mass is 449 g/mol. The van der Waals surface area contributed by atoms with Crippen molar-refractivity contribution >= 4 is 40.6 Å². The Balaban J connectivity index is 1.53. The highest BCUT2D eigenvalue weighted by Gasteiger charge is 2.35. The van der Waals surface area contributed by atoms with Gasteiger partial charge in [-0.25, -0.2) is 0 Å². The van der Waals surface area contributed by atoms with E-state index in [9.17, 15) is 9.59 Å². The van der Waals surface area contributed by atoms with Crippen molar-refractivity contribution in [3.05, 3.63) is 105 Å². The Kier molecular flexibility index (Phi) is 6.44. The summed E-state index contributed by atoms with van der Waals surface area (Å²) in [5.41, 5.74) is 3.71. The Bertz CT molecular complexity index is 1170. The van der Waals surface area contributed by atoms with Gasteiger partial charge in [0, 0.05) is 10.6 Å². The summed E-state index contributed by atoms with van der Waals surface area (Å²) in [4.78, 5) is 27.0. The normalized spacial score (nSPS) is 15.0. The molecular weight excluding hydrogens is 430 g/mol. The van der Waals surface area contributed by atoms with Crippen LogP contribution in [0.2, 0.25) is 5.02 Å². The van der Waals surface area contributed by atoms with Crippen molar-refractivity contribution in [2.75, 3.05) is 0 Å². The number of halogens is 1. The number of hydrogen-bond donors (Lipinski definition) is 0. The minimum Gasteiger partial charge on any atom is -0.488 e. The summed E-state index contributed by atoms with van der Waals surface area (Å²) in [6.07, 6.45) is 1.71. The lowest BCUT2D eigenvalue weighted by atomic mass is 10.1. The van der Waals surface area contributed by atoms with Gasteiger partial charge in [-0.15, -0.1) is 0 Å². The molecule has 156 valence electrons. The van der Waals surface area contributed by atoms with Crippen LogP contribution in [0.25, 0.3) is 6.08 Å². The van der Waals surface area contributed by atoms with E-state index in [1.54, 1.807) is 12.1 Å². The Morgan fingerprint density at radius 1 is 1.00 bits per heavy atom. The molecule has 4 rings (SSSR count). The predicted octanol–water partition coefficient (Wildman–Crippen LogP) is 6.46. The number of carbonyl (C=O) groups excluding carboxylic acids is 2. The molecular formula is C25H20ClNO3S. The molecule has 0 spiro atoms. The fraction of sp³-hybridized carbons (Fsp3) is 0.120. The summed E-state index contributed by atoms with van der Waals surface area (Å²) in [5.74, 6) is 0.324. The number of aryl methyl sites for hydroxylation is 1. The van der Waals surface area contributed by atoms with Crippen LogP contribution < -0.4 is 4.74 Å². The van der Waals surface area contributed by atoms with Crippen molar-refractivity contribution in [3.8, 4) is 5.75 Å². The number of hydrogen-bond acceptors (Lipinski definition) is 4. The average Bonchev–Trinajstić information content (AvgIpc) is 3.02. The van der Waals surface area contributed by atoms with Gasteiger partial charge in [0.2, 0.25) is 0 Å². The van der Waals surface area contributed by atoms with E-state index in [0.717, 1.165) is 28.5 Å². The minimum atomic E-state index is -0.330. The largest absolute Gasteiger partial charge is 0.488 e. The first-order valence-electron chi connectivity index (χ1n) is 9.77. The van der Waals surface area contributed by atoms with Gasteiger partial charge in [0.25, 0.3) is 11.1 Å². The van der Waals surface area contributed by atoms with Crippen LogP contribution in [-0.4, -0.2) is 16.0 Å². The summed E-state index contributed by atoms with van der Waals surface area (Å²) in [5, 5.41) is 0.217. The van der Waals surface area contributed by atoms with Gasteiger partial charge in [0.05, 0.1) is 11.4 Å². The third kappa shape index (κ3) is 5.01. The number of nitrogens with zero attached hydrogens (tertiary/aromatic N) is 1. The second-order valence-corrected chi connectivity index (χ2v) is 8.58. The lowest BCUT2D eigenvalue weighted by Crippen LogP contribution is -2.27. The van der Waals surface area contributed by atoms with Crippen LogP contribution in [-0.2, 0) is 17.9 Å². The quantitative estimate of drug-likeness (QED) is 0.405. The number of para-hydroxylation sites is 1. The zero-order valence-corrected chi connectivity index (χ0v) is 18.5. The van der Waals surface area contributed by atoms with Crippen LogP contribution in [0.5, 0.6) is 5.75 Å². The van der Waals surface area contributed by atoms with Crippen LogP contribution in [0.15, 0.2) is 77.7 Å². The molecule has 0 atom stereocenters. The zero-order chi connectivity index (χ0) is 21.8. The maximum atomic E-state index is 12.9. The highest BCUT2D eigenvalue weighted by molar-refractivity contribution is 8.18. The number of carbonyl (C=O) groups is 2. The first-order valence-corrected chi connectivity index (χ1v) is 11.0. The van der Waals surface area contributed by atoms with Gasteiger partial charge in [-0.3, -0.25) is 14.5 Å². The average molecular weight is 450 g/mol. The third-order valence-corrected chi connectivity index (χ3v) is 6.12. The third-order valence-electron chi connectivity index (χ3n) is 4.84. The van der Waals surface area contributed by atoms with E-state index in [1.807, 2.05) is 67.6 Å². The number of rotatable bonds is 6. The molecule has 6 heteroatoms. The fourth-order valence-corrected chi connectivity index (χ4v) is 4.29. The second-order valence-electron chi connectivity index (χ2n) is 7.17. The minimum absolute atomic E-state index is 0.146. The molecule has 0 unspecified atom stereocenters. The lowest BCUT2D eigenvalue weighted by molar-refractivity contribution is -0.123. The molecule has 1 aliphatic heterocycles. The predicted molar refractivity (Wildman–Crippen MR) is 125 cm³/mol. The summed E-state index contributed by atoms with van der Waals surface area (Å²) in [7, 11) is 0. The van der Waals surface area contributed by atoms with E-state index in [4.69, 9.17) is 16.3 Å². The van der Waals surface area contributed by atoms with Gasteiger partial charge < -0.3 is 4.74 Å². The summed E-state index contributed by atoms with van der Waals surface area (Å²) >= 11 is 7.12. The van der Waals surface area contributed by atoms with Gasteiger partial charge in [-0.2, -0.15) is 0 Å². The van der Waals surface area contributed by atoms with Gasteiger partial charge >= 0.3 is 0 Å². The van der Waals surface area contributed by atoms with E-state index in [0.29, 0.717) is 22.3 Å². The highest BCUT2D eigenvalue weighted by Crippen LogP contribution is 2.35. The number of amides is 2. The van der Waals surface area contributed by atoms with Crippen molar-refractivity contribution in [3.63, 3.8) is 0 Å². The second kappa shape index (κ2) is 9.41. The van der Waals surface area contributed by atoms with Gasteiger partial charge in [0.15, 0.2) is 0 Å². The van der Waals surface area contributed by atoms with E-state index in [1.165, 1.54) is 10.5 Å². The van der Waals surface area contributed by atoms with Crippen molar-refractivity contribution in [2.24, 2.45) is 0 Å². The number of imide groups is 1. The zero-order valence-electron chi connectivity index (χ0n) is 16.9. The summed E-state index contributed by atoms with van der Waals surface area (Å²) in [6.45, 7) is 2.60. The first kappa shape index (κ1) is 21.2. The van der Waals surface area contributed by atoms with Crippen LogP contribution >= 0.6 is 23.4 Å². The fourth-order valence-electron chi connectivity index (χ4n) is 3.27. The number of thioether (sulfide) groups is 1. The van der Waals surface area contributed by atoms with E-state index >= 15 is 0 Å². The molecule has 0 radical (unpaired) electrons. The summed E-state index contributed by atoms with van der Waals surface area (Å²) in [6, 6.07) is 22.8. The van der Waals surface area contributed by atoms with Crippen molar-refractivity contribution in [1.82, 2.24) is 4.90 Å². The molecule has 3 aromatic carbocycles. The maximum absolute atomic E-state index is 12.9. The van der Waals surface area contributed by atoms with Crippen LogP contribution in [0.4, 0.5) is 4.79 Å². The molecule has 4 nitrogen and oxygen atoms in total. The molecule has 2 amide bonds. The molecule has 31 heavy (non-hydrogen) atoms. The molecule has 3 aromatic rings. The Hall–Kier alpha value is -3.02. The first-order chi connectivity index (χ1) is 15.0. The van der Waals surface area contributed by atoms with Crippen LogP contribution in [0, 0.1) is 6.92 Å². The molecule has 1 fully saturated rings. The lowest BCUT2D eigenvalue weighted by Gasteiger charge is -2.13. The highest BCUT2D eigenvalue weighted by atomic mass is 35.5. The molecule has 0 aromatic heterocycles. The van der Waals surface area contributed by atoms with Gasteiger partial charge in [-0.05, 0) is 48.0 Å². The van der Waals surface area contributed by atoms with E-state index in [2.05, 4.69) is 6.07 Å². The SMILES string of the molecule is Cc1cccc(COc2ccccc2/C=C2/SC(=O)N(Cc3ccccc3Cl)C2=O)c1. The van der Waals surface area contributed by atoms with Crippen molar-refractivity contribution < 1.29 is 14.3 Å². The van der Waals surface area contributed by atoms with E-state index < -0.39 is 0 Å². The molecule has 0 saturated carbocycles.